The molecule has 1 aliphatic heterocycles. The minimum atomic E-state index is 0.736. The lowest BCUT2D eigenvalue weighted by atomic mass is 10.0. The molecule has 2 aliphatic rings. The highest BCUT2D eigenvalue weighted by Crippen LogP contribution is 2.30. The maximum absolute atomic E-state index is 3.68. The fourth-order valence-corrected chi connectivity index (χ4v) is 3.83. The van der Waals surface area contributed by atoms with Crippen molar-refractivity contribution in [2.45, 2.75) is 57.7 Å². The molecule has 3 rings (SSSR count). The zero-order chi connectivity index (χ0) is 12.4. The van der Waals surface area contributed by atoms with Gasteiger partial charge in [0.05, 0.1) is 0 Å². The first-order valence-electron chi connectivity index (χ1n) is 7.34. The van der Waals surface area contributed by atoms with Gasteiger partial charge in [-0.05, 0) is 51.3 Å². The zero-order valence-electron chi connectivity index (χ0n) is 11.3. The van der Waals surface area contributed by atoms with E-state index in [1.54, 1.807) is 0 Å². The molecule has 0 aromatic carbocycles. The van der Waals surface area contributed by atoms with E-state index in [0.29, 0.717) is 0 Å². The molecule has 2 nitrogen and oxygen atoms in total. The summed E-state index contributed by atoms with van der Waals surface area (Å²) in [4.78, 5) is 5.69. The highest BCUT2D eigenvalue weighted by Gasteiger charge is 2.31. The van der Waals surface area contributed by atoms with Crippen molar-refractivity contribution in [2.75, 3.05) is 13.1 Å². The third-order valence-electron chi connectivity index (χ3n) is 4.09. The lowest BCUT2D eigenvalue weighted by Crippen LogP contribution is -2.44. The SMILES string of the molecule is Cc1ccc(CN(CC2CCCCN2)C2CC2)s1. The number of nitrogens with one attached hydrogen (secondary N) is 1. The Labute approximate surface area is 114 Å². The molecule has 0 radical (unpaired) electrons. The Hall–Kier alpha value is -0.380. The Morgan fingerprint density at radius 1 is 1.28 bits per heavy atom. The number of hydrogen-bond donors (Lipinski definition) is 1. The Morgan fingerprint density at radius 3 is 2.78 bits per heavy atom. The molecule has 1 saturated carbocycles. The third-order valence-corrected chi connectivity index (χ3v) is 5.07. The predicted molar refractivity (Wildman–Crippen MR) is 78.1 cm³/mol. The first kappa shape index (κ1) is 12.6. The van der Waals surface area contributed by atoms with Crippen LogP contribution < -0.4 is 5.32 Å². The van der Waals surface area contributed by atoms with Gasteiger partial charge in [0.1, 0.15) is 0 Å². The van der Waals surface area contributed by atoms with Crippen molar-refractivity contribution >= 4 is 11.3 Å². The minimum Gasteiger partial charge on any atom is -0.313 e. The molecule has 0 amide bonds. The maximum atomic E-state index is 3.68. The van der Waals surface area contributed by atoms with Crippen LogP contribution in [-0.2, 0) is 6.54 Å². The maximum Gasteiger partial charge on any atom is 0.0331 e. The van der Waals surface area contributed by atoms with Crippen molar-refractivity contribution in [1.29, 1.82) is 0 Å². The van der Waals surface area contributed by atoms with Crippen molar-refractivity contribution in [2.24, 2.45) is 0 Å². The van der Waals surface area contributed by atoms with Gasteiger partial charge in [-0.15, -0.1) is 11.3 Å². The summed E-state index contributed by atoms with van der Waals surface area (Å²) in [5.41, 5.74) is 0. The molecular weight excluding hydrogens is 240 g/mol. The summed E-state index contributed by atoms with van der Waals surface area (Å²) in [5.74, 6) is 0. The first-order chi connectivity index (χ1) is 8.81. The van der Waals surface area contributed by atoms with Crippen LogP contribution in [-0.4, -0.2) is 30.1 Å². The van der Waals surface area contributed by atoms with Crippen LogP contribution in [0.15, 0.2) is 12.1 Å². The van der Waals surface area contributed by atoms with Crippen LogP contribution in [0.4, 0.5) is 0 Å². The van der Waals surface area contributed by atoms with Crippen LogP contribution in [0.25, 0.3) is 0 Å². The van der Waals surface area contributed by atoms with E-state index in [-0.39, 0.29) is 0 Å². The lowest BCUT2D eigenvalue weighted by Gasteiger charge is -2.30. The lowest BCUT2D eigenvalue weighted by molar-refractivity contribution is 0.210. The molecule has 2 heterocycles. The van der Waals surface area contributed by atoms with Gasteiger partial charge in [0, 0.05) is 34.9 Å². The average molecular weight is 264 g/mol. The number of rotatable bonds is 5. The topological polar surface area (TPSA) is 15.3 Å². The van der Waals surface area contributed by atoms with Crippen LogP contribution in [0.2, 0.25) is 0 Å². The van der Waals surface area contributed by atoms with Gasteiger partial charge in [-0.25, -0.2) is 0 Å². The quantitative estimate of drug-likeness (QED) is 0.879. The van der Waals surface area contributed by atoms with E-state index in [1.165, 1.54) is 61.5 Å². The van der Waals surface area contributed by atoms with Crippen molar-refractivity contribution in [3.8, 4) is 0 Å². The Balaban J connectivity index is 1.57. The van der Waals surface area contributed by atoms with E-state index in [4.69, 9.17) is 0 Å². The molecule has 0 spiro atoms. The monoisotopic (exact) mass is 264 g/mol. The first-order valence-corrected chi connectivity index (χ1v) is 8.15. The summed E-state index contributed by atoms with van der Waals surface area (Å²) in [6.07, 6.45) is 6.97. The summed E-state index contributed by atoms with van der Waals surface area (Å²) in [6.45, 7) is 5.85. The van der Waals surface area contributed by atoms with Gasteiger partial charge in [-0.2, -0.15) is 0 Å². The van der Waals surface area contributed by atoms with E-state index in [0.717, 1.165) is 12.1 Å². The molecule has 18 heavy (non-hydrogen) atoms. The van der Waals surface area contributed by atoms with E-state index in [9.17, 15) is 0 Å². The number of thiophene rings is 1. The Kier molecular flexibility index (Phi) is 4.02. The number of aryl methyl sites for hydroxylation is 1. The number of nitrogens with zero attached hydrogens (tertiary/aromatic N) is 1. The highest BCUT2D eigenvalue weighted by atomic mass is 32.1. The Morgan fingerprint density at radius 2 is 2.17 bits per heavy atom. The number of hydrogen-bond acceptors (Lipinski definition) is 3. The van der Waals surface area contributed by atoms with Crippen molar-refractivity contribution in [1.82, 2.24) is 10.2 Å². The molecule has 1 aliphatic carbocycles. The van der Waals surface area contributed by atoms with Crippen LogP contribution in [0.3, 0.4) is 0 Å². The van der Waals surface area contributed by atoms with Crippen LogP contribution in [0.5, 0.6) is 0 Å². The molecule has 3 heteroatoms. The van der Waals surface area contributed by atoms with E-state index < -0.39 is 0 Å². The van der Waals surface area contributed by atoms with Gasteiger partial charge in [-0.1, -0.05) is 6.42 Å². The van der Waals surface area contributed by atoms with Gasteiger partial charge in [0.15, 0.2) is 0 Å². The van der Waals surface area contributed by atoms with Gasteiger partial charge in [0.25, 0.3) is 0 Å². The molecule has 1 atom stereocenters. The molecular formula is C15H24N2S. The van der Waals surface area contributed by atoms with Gasteiger partial charge >= 0.3 is 0 Å². The summed E-state index contributed by atoms with van der Waals surface area (Å²) >= 11 is 1.96. The molecule has 1 N–H and O–H groups in total. The van der Waals surface area contributed by atoms with Gasteiger partial charge in [-0.3, -0.25) is 4.90 Å². The average Bonchev–Trinajstić information content (AvgIpc) is 3.15. The second kappa shape index (κ2) is 5.72. The van der Waals surface area contributed by atoms with Crippen molar-refractivity contribution in [3.63, 3.8) is 0 Å². The van der Waals surface area contributed by atoms with Crippen molar-refractivity contribution in [3.05, 3.63) is 21.9 Å². The summed E-state index contributed by atoms with van der Waals surface area (Å²) in [6, 6.07) is 6.17. The van der Waals surface area contributed by atoms with Gasteiger partial charge < -0.3 is 5.32 Å². The van der Waals surface area contributed by atoms with Gasteiger partial charge in [0.2, 0.25) is 0 Å². The predicted octanol–water partition coefficient (Wildman–Crippen LogP) is 3.16. The second-order valence-corrected chi connectivity index (χ2v) is 7.19. The summed E-state index contributed by atoms with van der Waals surface area (Å²) < 4.78 is 0. The summed E-state index contributed by atoms with van der Waals surface area (Å²) in [5, 5.41) is 3.68. The molecule has 1 unspecified atom stereocenters. The second-order valence-electron chi connectivity index (χ2n) is 5.82. The molecule has 2 fully saturated rings. The minimum absolute atomic E-state index is 0.736. The third kappa shape index (κ3) is 3.34. The van der Waals surface area contributed by atoms with Crippen LogP contribution >= 0.6 is 11.3 Å². The standard InChI is InChI=1S/C15H24N2S/c1-12-5-8-15(18-12)11-17(14-6-7-14)10-13-4-2-3-9-16-13/h5,8,13-14,16H,2-4,6-7,9-11H2,1H3. The molecule has 0 bridgehead atoms. The molecule has 100 valence electrons. The normalized spacial score (nSPS) is 24.7. The van der Waals surface area contributed by atoms with Crippen LogP contribution in [0.1, 0.15) is 41.9 Å². The van der Waals surface area contributed by atoms with Crippen LogP contribution in [0, 0.1) is 6.92 Å². The smallest absolute Gasteiger partial charge is 0.0331 e. The molecule has 1 aromatic heterocycles. The fraction of sp³-hybridized carbons (Fsp3) is 0.733. The Bertz CT molecular complexity index is 378. The van der Waals surface area contributed by atoms with E-state index in [2.05, 4.69) is 29.3 Å². The van der Waals surface area contributed by atoms with E-state index in [1.807, 2.05) is 11.3 Å². The fourth-order valence-electron chi connectivity index (χ4n) is 2.92. The largest absolute Gasteiger partial charge is 0.313 e. The summed E-state index contributed by atoms with van der Waals surface area (Å²) in [7, 11) is 0. The van der Waals surface area contributed by atoms with Crippen molar-refractivity contribution < 1.29 is 0 Å². The molecule has 1 aromatic rings. The highest BCUT2D eigenvalue weighted by molar-refractivity contribution is 7.11. The zero-order valence-corrected chi connectivity index (χ0v) is 12.1. The molecule has 1 saturated heterocycles. The van der Waals surface area contributed by atoms with E-state index >= 15 is 0 Å². The number of piperidine rings is 1.